The third-order valence-electron chi connectivity index (χ3n) is 4.08. The third kappa shape index (κ3) is 1.71. The van der Waals surface area contributed by atoms with Crippen molar-refractivity contribution < 1.29 is 14.3 Å². The van der Waals surface area contributed by atoms with Gasteiger partial charge in [-0.2, -0.15) is 0 Å². The lowest BCUT2D eigenvalue weighted by atomic mass is 9.82. The van der Waals surface area contributed by atoms with Crippen LogP contribution < -0.4 is 0 Å². The van der Waals surface area contributed by atoms with Crippen molar-refractivity contribution in [2.75, 3.05) is 7.11 Å². The lowest BCUT2D eigenvalue weighted by molar-refractivity contribution is -0.131. The molecule has 3 heteroatoms. The fourth-order valence-corrected chi connectivity index (χ4v) is 3.38. The fraction of sp³-hybridized carbons (Fsp3) is 0.786. The van der Waals surface area contributed by atoms with Crippen LogP contribution in [0.5, 0.6) is 0 Å². The molecule has 0 saturated heterocycles. The molecular weight excluding hydrogens is 216 g/mol. The summed E-state index contributed by atoms with van der Waals surface area (Å²) in [5.41, 5.74) is 1.04. The molecule has 0 aromatic rings. The largest absolute Gasteiger partial charge is 0.487 e. The first-order valence-corrected chi connectivity index (χ1v) is 6.40. The topological polar surface area (TPSA) is 35.5 Å². The second-order valence-corrected chi connectivity index (χ2v) is 5.75. The van der Waals surface area contributed by atoms with Crippen LogP contribution in [-0.4, -0.2) is 25.1 Å². The van der Waals surface area contributed by atoms with Gasteiger partial charge >= 0.3 is 0 Å². The van der Waals surface area contributed by atoms with Crippen LogP contribution in [0.3, 0.4) is 0 Å². The number of carbonyl (C=O) groups excluding carboxylic acids is 1. The molecule has 2 rings (SSSR count). The molecule has 1 unspecified atom stereocenters. The van der Waals surface area contributed by atoms with Crippen molar-refractivity contribution in [1.29, 1.82) is 0 Å². The van der Waals surface area contributed by atoms with E-state index in [9.17, 15) is 4.79 Å². The number of rotatable bonds is 3. The summed E-state index contributed by atoms with van der Waals surface area (Å²) in [5.74, 6) is 1.04. The zero-order valence-corrected chi connectivity index (χ0v) is 11.4. The lowest BCUT2D eigenvalue weighted by Gasteiger charge is -2.27. The molecule has 0 aromatic carbocycles. The number of Topliss-reactive ketones (excluding diaryl/α,β-unsaturated/α-hetero) is 1. The molecule has 1 saturated carbocycles. The molecule has 0 N–H and O–H groups in total. The summed E-state index contributed by atoms with van der Waals surface area (Å²) >= 11 is 0. The molecule has 17 heavy (non-hydrogen) atoms. The predicted molar refractivity (Wildman–Crippen MR) is 65.6 cm³/mol. The van der Waals surface area contributed by atoms with Crippen LogP contribution in [0.4, 0.5) is 0 Å². The molecule has 2 aliphatic carbocycles. The first-order valence-electron chi connectivity index (χ1n) is 6.40. The Kier molecular flexibility index (Phi) is 3.06. The third-order valence-corrected chi connectivity index (χ3v) is 4.08. The van der Waals surface area contributed by atoms with Gasteiger partial charge in [-0.1, -0.05) is 13.8 Å². The van der Waals surface area contributed by atoms with Crippen LogP contribution in [0, 0.1) is 11.3 Å². The molecule has 2 aliphatic rings. The van der Waals surface area contributed by atoms with Crippen LogP contribution >= 0.6 is 0 Å². The molecule has 0 spiro atoms. The lowest BCUT2D eigenvalue weighted by Crippen LogP contribution is -2.34. The van der Waals surface area contributed by atoms with Crippen molar-refractivity contribution in [3.8, 4) is 0 Å². The highest BCUT2D eigenvalue weighted by atomic mass is 16.5. The number of hydrogen-bond donors (Lipinski definition) is 0. The molecule has 0 radical (unpaired) electrons. The number of ketones is 1. The SMILES string of the molecule is CO[C@H]1C(=O)C(OC(C)C)=C2C(C)CC[C@]21C. The average molecular weight is 238 g/mol. The number of fused-ring (bicyclic) bond motifs is 1. The molecular formula is C14H22O3. The highest BCUT2D eigenvalue weighted by Crippen LogP contribution is 2.55. The first kappa shape index (κ1) is 12.6. The Hall–Kier alpha value is -0.830. The van der Waals surface area contributed by atoms with Gasteiger partial charge in [-0.05, 0) is 38.2 Å². The Morgan fingerprint density at radius 2 is 2.06 bits per heavy atom. The van der Waals surface area contributed by atoms with Crippen LogP contribution in [0.15, 0.2) is 11.3 Å². The van der Waals surface area contributed by atoms with E-state index in [0.717, 1.165) is 12.8 Å². The standard InChI is InChI=1S/C14H22O3/c1-8(2)17-12-10-9(3)6-7-14(10,4)13(16-5)11(12)15/h8-9,13H,6-7H2,1-5H3/t9?,13-,14+/m0/s1. The van der Waals surface area contributed by atoms with Crippen LogP contribution in [0.2, 0.25) is 0 Å². The normalized spacial score (nSPS) is 36.9. The Bertz CT molecular complexity index is 370. The first-order chi connectivity index (χ1) is 7.91. The Morgan fingerprint density at radius 1 is 1.41 bits per heavy atom. The summed E-state index contributed by atoms with van der Waals surface area (Å²) in [6.07, 6.45) is 1.81. The molecule has 1 fully saturated rings. The van der Waals surface area contributed by atoms with Gasteiger partial charge in [0.25, 0.3) is 0 Å². The van der Waals surface area contributed by atoms with Gasteiger partial charge in [0.1, 0.15) is 6.10 Å². The van der Waals surface area contributed by atoms with Crippen molar-refractivity contribution in [2.45, 2.75) is 52.7 Å². The molecule has 0 heterocycles. The van der Waals surface area contributed by atoms with E-state index in [0.29, 0.717) is 11.7 Å². The van der Waals surface area contributed by atoms with Gasteiger partial charge in [-0.3, -0.25) is 4.79 Å². The van der Waals surface area contributed by atoms with Crippen LogP contribution in [-0.2, 0) is 14.3 Å². The van der Waals surface area contributed by atoms with Gasteiger partial charge < -0.3 is 9.47 Å². The van der Waals surface area contributed by atoms with E-state index in [1.165, 1.54) is 5.57 Å². The van der Waals surface area contributed by atoms with Gasteiger partial charge in [0.15, 0.2) is 5.76 Å². The number of hydrogen-bond acceptors (Lipinski definition) is 3. The van der Waals surface area contributed by atoms with Gasteiger partial charge in [-0.15, -0.1) is 0 Å². The van der Waals surface area contributed by atoms with Crippen LogP contribution in [0.25, 0.3) is 0 Å². The second kappa shape index (κ2) is 4.13. The fourth-order valence-electron chi connectivity index (χ4n) is 3.38. The highest BCUT2D eigenvalue weighted by molar-refractivity contribution is 6.02. The maximum absolute atomic E-state index is 12.3. The minimum atomic E-state index is -0.351. The summed E-state index contributed by atoms with van der Waals surface area (Å²) < 4.78 is 11.2. The minimum absolute atomic E-state index is 0.0326. The smallest absolute Gasteiger partial charge is 0.226 e. The Morgan fingerprint density at radius 3 is 2.59 bits per heavy atom. The van der Waals surface area contributed by atoms with Crippen molar-refractivity contribution in [1.82, 2.24) is 0 Å². The number of methoxy groups -OCH3 is 1. The van der Waals surface area contributed by atoms with E-state index in [4.69, 9.17) is 9.47 Å². The summed E-state index contributed by atoms with van der Waals surface area (Å²) in [4.78, 5) is 12.3. The van der Waals surface area contributed by atoms with Crippen molar-refractivity contribution in [3.63, 3.8) is 0 Å². The Balaban J connectivity index is 2.45. The maximum atomic E-state index is 12.3. The highest BCUT2D eigenvalue weighted by Gasteiger charge is 2.56. The average Bonchev–Trinajstić information content (AvgIpc) is 2.62. The minimum Gasteiger partial charge on any atom is -0.487 e. The van der Waals surface area contributed by atoms with Crippen molar-refractivity contribution in [2.24, 2.45) is 11.3 Å². The molecule has 3 atom stereocenters. The summed E-state index contributed by atoms with van der Waals surface area (Å²) in [6.45, 7) is 8.22. The van der Waals surface area contributed by atoms with E-state index in [-0.39, 0.29) is 23.4 Å². The number of carbonyl (C=O) groups is 1. The molecule has 96 valence electrons. The number of ether oxygens (including phenoxy) is 2. The van der Waals surface area contributed by atoms with Crippen molar-refractivity contribution >= 4 is 5.78 Å². The monoisotopic (exact) mass is 238 g/mol. The zero-order chi connectivity index (χ0) is 12.8. The quantitative estimate of drug-likeness (QED) is 0.758. The van der Waals surface area contributed by atoms with Gasteiger partial charge in [-0.25, -0.2) is 0 Å². The van der Waals surface area contributed by atoms with Gasteiger partial charge in [0, 0.05) is 12.5 Å². The zero-order valence-electron chi connectivity index (χ0n) is 11.4. The predicted octanol–water partition coefficient (Wildman–Crippen LogP) is 2.70. The molecule has 0 bridgehead atoms. The maximum Gasteiger partial charge on any atom is 0.226 e. The van der Waals surface area contributed by atoms with Gasteiger partial charge in [0.05, 0.1) is 6.10 Å². The molecule has 3 nitrogen and oxygen atoms in total. The Labute approximate surface area is 103 Å². The van der Waals surface area contributed by atoms with E-state index < -0.39 is 0 Å². The van der Waals surface area contributed by atoms with Crippen molar-refractivity contribution in [3.05, 3.63) is 11.3 Å². The van der Waals surface area contributed by atoms with E-state index in [2.05, 4.69) is 13.8 Å². The molecule has 0 aliphatic heterocycles. The summed E-state index contributed by atoms with van der Waals surface area (Å²) in [7, 11) is 1.62. The van der Waals surface area contributed by atoms with Gasteiger partial charge in [0.2, 0.25) is 5.78 Å². The second-order valence-electron chi connectivity index (χ2n) is 5.75. The molecule has 0 aromatic heterocycles. The van der Waals surface area contributed by atoms with E-state index >= 15 is 0 Å². The van der Waals surface area contributed by atoms with Crippen LogP contribution in [0.1, 0.15) is 40.5 Å². The van der Waals surface area contributed by atoms with E-state index in [1.54, 1.807) is 7.11 Å². The van der Waals surface area contributed by atoms with E-state index in [1.807, 2.05) is 13.8 Å². The molecule has 0 amide bonds. The summed E-state index contributed by atoms with van der Waals surface area (Å²) in [5, 5.41) is 0. The summed E-state index contributed by atoms with van der Waals surface area (Å²) in [6, 6.07) is 0.